The molecule has 22 heavy (non-hydrogen) atoms. The number of hydrogen-bond donors (Lipinski definition) is 0. The lowest BCUT2D eigenvalue weighted by Crippen LogP contribution is -2.48. The molecule has 2 aliphatic heterocycles. The molecule has 2 aromatic rings. The summed E-state index contributed by atoms with van der Waals surface area (Å²) in [5.74, 6) is 0.517. The van der Waals surface area contributed by atoms with Crippen LogP contribution in [0.5, 0.6) is 0 Å². The first kappa shape index (κ1) is 13.8. The van der Waals surface area contributed by atoms with Crippen LogP contribution >= 0.6 is 0 Å². The average molecular weight is 298 g/mol. The maximum absolute atomic E-state index is 12.7. The summed E-state index contributed by atoms with van der Waals surface area (Å²) in [6.45, 7) is 4.07. The molecule has 2 saturated heterocycles. The van der Waals surface area contributed by atoms with E-state index in [0.29, 0.717) is 11.8 Å². The van der Waals surface area contributed by atoms with Gasteiger partial charge in [-0.15, -0.1) is 0 Å². The number of para-hydroxylation sites is 1. The van der Waals surface area contributed by atoms with Crippen LogP contribution in [0, 0.1) is 0 Å². The largest absolute Gasteiger partial charge is 0.451 e. The van der Waals surface area contributed by atoms with Gasteiger partial charge in [-0.1, -0.05) is 18.2 Å². The minimum atomic E-state index is 0.0418. The third-order valence-corrected chi connectivity index (χ3v) is 4.98. The summed E-state index contributed by atoms with van der Waals surface area (Å²) in [6, 6.07) is 10.2. The Hall–Kier alpha value is -1.81. The van der Waals surface area contributed by atoms with Gasteiger partial charge in [-0.25, -0.2) is 0 Å². The second-order valence-corrected chi connectivity index (χ2v) is 6.44. The summed E-state index contributed by atoms with van der Waals surface area (Å²) in [7, 11) is 0. The van der Waals surface area contributed by atoms with Crippen LogP contribution < -0.4 is 0 Å². The first-order valence-corrected chi connectivity index (χ1v) is 8.33. The molecule has 0 spiro atoms. The van der Waals surface area contributed by atoms with E-state index in [-0.39, 0.29) is 5.91 Å². The van der Waals surface area contributed by atoms with Gasteiger partial charge >= 0.3 is 0 Å². The fourth-order valence-electron chi connectivity index (χ4n) is 3.79. The van der Waals surface area contributed by atoms with Gasteiger partial charge in [0.25, 0.3) is 5.91 Å². The number of amides is 1. The topological polar surface area (TPSA) is 36.7 Å². The second kappa shape index (κ2) is 5.76. The molecular weight excluding hydrogens is 276 g/mol. The van der Waals surface area contributed by atoms with E-state index in [0.717, 1.165) is 30.5 Å². The van der Waals surface area contributed by atoms with Crippen LogP contribution in [0.25, 0.3) is 11.0 Å². The van der Waals surface area contributed by atoms with Crippen LogP contribution in [0.3, 0.4) is 0 Å². The highest BCUT2D eigenvalue weighted by molar-refractivity contribution is 5.96. The highest BCUT2D eigenvalue weighted by atomic mass is 16.3. The predicted octanol–water partition coefficient (Wildman–Crippen LogP) is 3.13. The van der Waals surface area contributed by atoms with Crippen molar-refractivity contribution in [1.82, 2.24) is 9.80 Å². The predicted molar refractivity (Wildman–Crippen MR) is 85.9 cm³/mol. The summed E-state index contributed by atoms with van der Waals surface area (Å²) < 4.78 is 5.74. The number of likely N-dealkylation sites (tertiary alicyclic amines) is 2. The molecule has 1 aromatic carbocycles. The first-order chi connectivity index (χ1) is 10.8. The third kappa shape index (κ3) is 2.52. The van der Waals surface area contributed by atoms with Crippen LogP contribution in [0.1, 0.15) is 36.2 Å². The van der Waals surface area contributed by atoms with Crippen molar-refractivity contribution >= 4 is 16.9 Å². The lowest BCUT2D eigenvalue weighted by atomic mass is 10.0. The molecule has 1 unspecified atom stereocenters. The van der Waals surface area contributed by atoms with E-state index in [9.17, 15) is 4.79 Å². The second-order valence-electron chi connectivity index (χ2n) is 6.44. The van der Waals surface area contributed by atoms with Crippen molar-refractivity contribution in [1.29, 1.82) is 0 Å². The quantitative estimate of drug-likeness (QED) is 0.854. The summed E-state index contributed by atoms with van der Waals surface area (Å²) in [6.07, 6.45) is 4.90. The molecule has 4 rings (SSSR count). The third-order valence-electron chi connectivity index (χ3n) is 4.98. The molecule has 1 atom stereocenters. The van der Waals surface area contributed by atoms with Crippen LogP contribution in [-0.2, 0) is 0 Å². The zero-order chi connectivity index (χ0) is 14.9. The fraction of sp³-hybridized carbons (Fsp3) is 0.500. The number of fused-ring (bicyclic) bond motifs is 1. The Morgan fingerprint density at radius 3 is 2.73 bits per heavy atom. The Balaban J connectivity index is 1.51. The highest BCUT2D eigenvalue weighted by Crippen LogP contribution is 2.24. The van der Waals surface area contributed by atoms with Gasteiger partial charge in [0.05, 0.1) is 0 Å². The van der Waals surface area contributed by atoms with Crippen molar-refractivity contribution in [3.63, 3.8) is 0 Å². The number of benzene rings is 1. The molecule has 0 N–H and O–H groups in total. The van der Waals surface area contributed by atoms with Gasteiger partial charge in [0, 0.05) is 24.5 Å². The molecule has 2 fully saturated rings. The van der Waals surface area contributed by atoms with Crippen molar-refractivity contribution in [3.8, 4) is 0 Å². The number of carbonyl (C=O) groups excluding carboxylic acids is 1. The van der Waals surface area contributed by atoms with Gasteiger partial charge in [-0.05, 0) is 50.9 Å². The van der Waals surface area contributed by atoms with Gasteiger partial charge in [0.2, 0.25) is 0 Å². The molecule has 4 nitrogen and oxygen atoms in total. The number of piperidine rings is 1. The Bertz CT molecular complexity index is 640. The Kier molecular flexibility index (Phi) is 3.62. The van der Waals surface area contributed by atoms with Gasteiger partial charge in [0.15, 0.2) is 5.76 Å². The molecular formula is C18H22N2O2. The highest BCUT2D eigenvalue weighted by Gasteiger charge is 2.30. The van der Waals surface area contributed by atoms with E-state index in [1.54, 1.807) is 0 Å². The summed E-state index contributed by atoms with van der Waals surface area (Å²) in [5, 5.41) is 0.999. The van der Waals surface area contributed by atoms with Crippen molar-refractivity contribution in [2.24, 2.45) is 0 Å². The van der Waals surface area contributed by atoms with E-state index in [4.69, 9.17) is 4.42 Å². The number of carbonyl (C=O) groups is 1. The molecule has 0 aliphatic carbocycles. The van der Waals surface area contributed by atoms with Gasteiger partial charge < -0.3 is 9.32 Å². The smallest absolute Gasteiger partial charge is 0.289 e. The van der Waals surface area contributed by atoms with Crippen LogP contribution in [-0.4, -0.2) is 47.9 Å². The maximum Gasteiger partial charge on any atom is 0.289 e. The molecule has 2 aliphatic rings. The van der Waals surface area contributed by atoms with Gasteiger partial charge in [0.1, 0.15) is 5.58 Å². The molecule has 3 heterocycles. The van der Waals surface area contributed by atoms with Crippen molar-refractivity contribution < 1.29 is 9.21 Å². The van der Waals surface area contributed by atoms with Crippen LogP contribution in [0.4, 0.5) is 0 Å². The Labute approximate surface area is 130 Å². The first-order valence-electron chi connectivity index (χ1n) is 8.33. The normalized spacial score (nSPS) is 23.3. The molecule has 0 radical (unpaired) electrons. The van der Waals surface area contributed by atoms with E-state index < -0.39 is 0 Å². The average Bonchev–Trinajstić information content (AvgIpc) is 3.23. The standard InChI is InChI=1S/C18H22N2O2/c21-18(17-12-14-6-1-2-8-16(14)22-17)20-11-5-7-15(13-20)19-9-3-4-10-19/h1-2,6,8,12,15H,3-5,7,9-11,13H2. The minimum Gasteiger partial charge on any atom is -0.451 e. The minimum absolute atomic E-state index is 0.0418. The lowest BCUT2D eigenvalue weighted by molar-refractivity contribution is 0.0580. The molecule has 116 valence electrons. The van der Waals surface area contributed by atoms with Crippen LogP contribution in [0.15, 0.2) is 34.7 Å². The molecule has 1 aromatic heterocycles. The summed E-state index contributed by atoms with van der Waals surface area (Å²) in [4.78, 5) is 17.3. The summed E-state index contributed by atoms with van der Waals surface area (Å²) in [5.41, 5.74) is 0.791. The molecule has 0 saturated carbocycles. The Morgan fingerprint density at radius 2 is 1.91 bits per heavy atom. The fourth-order valence-corrected chi connectivity index (χ4v) is 3.79. The van der Waals surface area contributed by atoms with E-state index in [1.165, 1.54) is 32.4 Å². The van der Waals surface area contributed by atoms with Gasteiger partial charge in [-0.2, -0.15) is 0 Å². The zero-order valence-electron chi connectivity index (χ0n) is 12.8. The Morgan fingerprint density at radius 1 is 1.09 bits per heavy atom. The van der Waals surface area contributed by atoms with E-state index in [2.05, 4.69) is 4.90 Å². The number of hydrogen-bond acceptors (Lipinski definition) is 3. The molecule has 4 heteroatoms. The SMILES string of the molecule is O=C(c1cc2ccccc2o1)N1CCCC(N2CCCC2)C1. The van der Waals surface area contributed by atoms with Gasteiger partial charge in [-0.3, -0.25) is 9.69 Å². The molecule has 1 amide bonds. The maximum atomic E-state index is 12.7. The monoisotopic (exact) mass is 298 g/mol. The number of rotatable bonds is 2. The van der Waals surface area contributed by atoms with Crippen molar-refractivity contribution in [2.75, 3.05) is 26.2 Å². The van der Waals surface area contributed by atoms with E-state index >= 15 is 0 Å². The summed E-state index contributed by atoms with van der Waals surface area (Å²) >= 11 is 0. The van der Waals surface area contributed by atoms with Crippen molar-refractivity contribution in [2.45, 2.75) is 31.7 Å². The zero-order valence-corrected chi connectivity index (χ0v) is 12.8. The van der Waals surface area contributed by atoms with Crippen LogP contribution in [0.2, 0.25) is 0 Å². The number of nitrogens with zero attached hydrogens (tertiary/aromatic N) is 2. The number of furan rings is 1. The van der Waals surface area contributed by atoms with E-state index in [1.807, 2.05) is 35.2 Å². The van der Waals surface area contributed by atoms with Crippen molar-refractivity contribution in [3.05, 3.63) is 36.1 Å². The molecule has 0 bridgehead atoms. The lowest BCUT2D eigenvalue weighted by Gasteiger charge is -2.37.